The molecule has 0 aliphatic heterocycles. The minimum Gasteiger partial charge on any atom is -0.455 e. The first-order chi connectivity index (χ1) is 28.8. The van der Waals surface area contributed by atoms with Crippen LogP contribution in [0.15, 0.2) is 229 Å². The standard InChI is InChI=1S/C56H37NO/c1-4-19-38(20-5-1)41-35-42(39-21-6-2-7-22-39)37-43(36-41)57(52-33-16-14-27-46(52)50-31-18-32-51-47-28-15-17-34-53(47)58-56(50)51)55-49-30-13-11-26-45(49)44-25-10-12-29-48(44)54(55)40-23-8-3-9-24-40/h1-37H. The summed E-state index contributed by atoms with van der Waals surface area (Å²) >= 11 is 0. The first-order valence-corrected chi connectivity index (χ1v) is 19.8. The second-order valence-electron chi connectivity index (χ2n) is 14.8. The minimum atomic E-state index is 0.880. The number of nitrogens with zero attached hydrogens (tertiary/aromatic N) is 1. The first-order valence-electron chi connectivity index (χ1n) is 19.8. The van der Waals surface area contributed by atoms with Crippen molar-refractivity contribution in [2.24, 2.45) is 0 Å². The second kappa shape index (κ2) is 14.1. The van der Waals surface area contributed by atoms with Gasteiger partial charge in [0.25, 0.3) is 0 Å². The summed E-state index contributed by atoms with van der Waals surface area (Å²) in [6, 6.07) is 80.8. The summed E-state index contributed by atoms with van der Waals surface area (Å²) in [5.41, 5.74) is 14.1. The van der Waals surface area contributed by atoms with Crippen molar-refractivity contribution in [3.05, 3.63) is 224 Å². The smallest absolute Gasteiger partial charge is 0.143 e. The molecule has 2 nitrogen and oxygen atoms in total. The molecule has 0 fully saturated rings. The second-order valence-corrected chi connectivity index (χ2v) is 14.8. The van der Waals surface area contributed by atoms with Crippen molar-refractivity contribution in [2.45, 2.75) is 0 Å². The van der Waals surface area contributed by atoms with Gasteiger partial charge in [-0.2, -0.15) is 0 Å². The van der Waals surface area contributed by atoms with E-state index in [1.165, 1.54) is 27.1 Å². The van der Waals surface area contributed by atoms with Crippen molar-refractivity contribution in [1.29, 1.82) is 0 Å². The molecule has 10 aromatic carbocycles. The van der Waals surface area contributed by atoms with Gasteiger partial charge >= 0.3 is 0 Å². The number of rotatable bonds is 7. The Bertz CT molecular complexity index is 3220. The molecule has 11 aromatic rings. The summed E-state index contributed by atoms with van der Waals surface area (Å²) in [6.07, 6.45) is 0. The van der Waals surface area contributed by atoms with Crippen molar-refractivity contribution in [3.8, 4) is 44.5 Å². The Labute approximate surface area is 337 Å². The molecular formula is C56H37NO. The molecule has 0 aliphatic rings. The minimum absolute atomic E-state index is 0.880. The van der Waals surface area contributed by atoms with Crippen LogP contribution < -0.4 is 4.90 Å². The van der Waals surface area contributed by atoms with Crippen LogP contribution >= 0.6 is 0 Å². The summed E-state index contributed by atoms with van der Waals surface area (Å²) in [4.78, 5) is 2.52. The molecule has 0 spiro atoms. The fourth-order valence-corrected chi connectivity index (χ4v) is 8.83. The van der Waals surface area contributed by atoms with Crippen molar-refractivity contribution in [1.82, 2.24) is 0 Å². The number of fused-ring (bicyclic) bond motifs is 6. The van der Waals surface area contributed by atoms with Gasteiger partial charge in [-0.25, -0.2) is 0 Å². The van der Waals surface area contributed by atoms with Gasteiger partial charge in [0, 0.05) is 38.5 Å². The van der Waals surface area contributed by atoms with Gasteiger partial charge in [0.2, 0.25) is 0 Å². The van der Waals surface area contributed by atoms with E-state index in [1.807, 2.05) is 6.07 Å². The van der Waals surface area contributed by atoms with Crippen LogP contribution in [0.2, 0.25) is 0 Å². The van der Waals surface area contributed by atoms with Crippen LogP contribution in [0.5, 0.6) is 0 Å². The SMILES string of the molecule is c1ccc(-c2cc(-c3ccccc3)cc(N(c3ccccc3-c3cccc4c3oc3ccccc34)c3c(-c4ccccc4)c4ccccc4c4ccccc34)c2)cc1. The summed E-state index contributed by atoms with van der Waals surface area (Å²) in [7, 11) is 0. The van der Waals surface area contributed by atoms with Gasteiger partial charge in [-0.05, 0) is 74.3 Å². The molecule has 1 aromatic heterocycles. The fraction of sp³-hybridized carbons (Fsp3) is 0. The van der Waals surface area contributed by atoms with Gasteiger partial charge < -0.3 is 9.32 Å². The average molecular weight is 740 g/mol. The lowest BCUT2D eigenvalue weighted by atomic mass is 9.89. The zero-order chi connectivity index (χ0) is 38.4. The van der Waals surface area contributed by atoms with Crippen molar-refractivity contribution in [2.75, 3.05) is 4.90 Å². The molecule has 0 radical (unpaired) electrons. The molecule has 0 unspecified atom stereocenters. The zero-order valence-electron chi connectivity index (χ0n) is 31.7. The van der Waals surface area contributed by atoms with Gasteiger partial charge in [0.05, 0.1) is 11.4 Å². The maximum atomic E-state index is 6.74. The van der Waals surface area contributed by atoms with Crippen LogP contribution in [-0.2, 0) is 0 Å². The topological polar surface area (TPSA) is 16.4 Å². The highest BCUT2D eigenvalue weighted by Crippen LogP contribution is 2.52. The van der Waals surface area contributed by atoms with Gasteiger partial charge in [-0.15, -0.1) is 0 Å². The van der Waals surface area contributed by atoms with Crippen molar-refractivity contribution in [3.63, 3.8) is 0 Å². The Morgan fingerprint density at radius 3 is 1.47 bits per heavy atom. The highest BCUT2D eigenvalue weighted by molar-refractivity contribution is 6.23. The molecule has 11 rings (SSSR count). The maximum absolute atomic E-state index is 6.74. The molecule has 0 N–H and O–H groups in total. The van der Waals surface area contributed by atoms with Crippen LogP contribution in [0.3, 0.4) is 0 Å². The maximum Gasteiger partial charge on any atom is 0.143 e. The number of hydrogen-bond acceptors (Lipinski definition) is 2. The summed E-state index contributed by atoms with van der Waals surface area (Å²) in [6.45, 7) is 0. The van der Waals surface area contributed by atoms with Crippen LogP contribution in [0, 0.1) is 0 Å². The van der Waals surface area contributed by atoms with E-state index in [0.717, 1.165) is 77.9 Å². The first kappa shape index (κ1) is 33.6. The lowest BCUT2D eigenvalue weighted by molar-refractivity contribution is 0.670. The normalized spacial score (nSPS) is 11.4. The third-order valence-corrected chi connectivity index (χ3v) is 11.4. The van der Waals surface area contributed by atoms with Crippen LogP contribution in [0.25, 0.3) is 88.0 Å². The van der Waals surface area contributed by atoms with Crippen molar-refractivity contribution < 1.29 is 4.42 Å². The number of anilines is 3. The molecule has 0 saturated heterocycles. The molecule has 58 heavy (non-hydrogen) atoms. The molecule has 0 aliphatic carbocycles. The zero-order valence-corrected chi connectivity index (χ0v) is 31.7. The quantitative estimate of drug-likeness (QED) is 0.151. The van der Waals surface area contributed by atoms with E-state index in [0.29, 0.717) is 0 Å². The Morgan fingerprint density at radius 2 is 0.793 bits per heavy atom. The number of hydrogen-bond donors (Lipinski definition) is 0. The molecule has 0 saturated carbocycles. The van der Waals surface area contributed by atoms with Crippen LogP contribution in [-0.4, -0.2) is 0 Å². The van der Waals surface area contributed by atoms with Gasteiger partial charge in [0.15, 0.2) is 0 Å². The van der Waals surface area contributed by atoms with Gasteiger partial charge in [0.1, 0.15) is 11.2 Å². The van der Waals surface area contributed by atoms with Crippen LogP contribution in [0.1, 0.15) is 0 Å². The average Bonchev–Trinajstić information content (AvgIpc) is 3.69. The Hall–Kier alpha value is -7.68. The fourth-order valence-electron chi connectivity index (χ4n) is 8.83. The van der Waals surface area contributed by atoms with E-state index in [1.54, 1.807) is 0 Å². The molecule has 2 heteroatoms. The summed E-state index contributed by atoms with van der Waals surface area (Å²) < 4.78 is 6.74. The lowest BCUT2D eigenvalue weighted by Crippen LogP contribution is -2.14. The lowest BCUT2D eigenvalue weighted by Gasteiger charge is -2.33. The predicted molar refractivity (Wildman–Crippen MR) is 245 cm³/mol. The Morgan fingerprint density at radius 1 is 0.310 bits per heavy atom. The number of benzene rings is 10. The van der Waals surface area contributed by atoms with E-state index in [2.05, 4.69) is 223 Å². The third-order valence-electron chi connectivity index (χ3n) is 11.4. The van der Waals surface area contributed by atoms with Gasteiger partial charge in [-0.3, -0.25) is 0 Å². The number of para-hydroxylation sites is 3. The molecule has 0 amide bonds. The third kappa shape index (κ3) is 5.66. The highest BCUT2D eigenvalue weighted by atomic mass is 16.3. The van der Waals surface area contributed by atoms with E-state index in [-0.39, 0.29) is 0 Å². The van der Waals surface area contributed by atoms with Crippen LogP contribution in [0.4, 0.5) is 17.1 Å². The van der Waals surface area contributed by atoms with E-state index in [4.69, 9.17) is 4.42 Å². The highest BCUT2D eigenvalue weighted by Gasteiger charge is 2.27. The molecule has 0 bridgehead atoms. The van der Waals surface area contributed by atoms with E-state index in [9.17, 15) is 0 Å². The number of furan rings is 1. The van der Waals surface area contributed by atoms with E-state index < -0.39 is 0 Å². The van der Waals surface area contributed by atoms with Crippen molar-refractivity contribution >= 4 is 60.5 Å². The molecule has 272 valence electrons. The monoisotopic (exact) mass is 739 g/mol. The Kier molecular flexibility index (Phi) is 8.19. The summed E-state index contributed by atoms with van der Waals surface area (Å²) in [5.74, 6) is 0. The van der Waals surface area contributed by atoms with E-state index >= 15 is 0 Å². The Balaban J connectivity index is 1.31. The van der Waals surface area contributed by atoms with Gasteiger partial charge in [-0.1, -0.05) is 194 Å². The molecule has 1 heterocycles. The molecular weight excluding hydrogens is 703 g/mol. The predicted octanol–water partition coefficient (Wildman–Crippen LogP) is 16.0. The molecule has 0 atom stereocenters. The summed E-state index contributed by atoms with van der Waals surface area (Å²) in [5, 5.41) is 7.02. The largest absolute Gasteiger partial charge is 0.455 e.